The number of nitrogens with zero attached hydrogens (tertiary/aromatic N) is 3. The van der Waals surface area contributed by atoms with Crippen LogP contribution in [0, 0.1) is 0 Å². The van der Waals surface area contributed by atoms with E-state index in [0.29, 0.717) is 12.1 Å². The quantitative estimate of drug-likeness (QED) is 0.863. The smallest absolute Gasteiger partial charge is 0.0534 e. The molecule has 1 aliphatic heterocycles. The van der Waals surface area contributed by atoms with Crippen molar-refractivity contribution in [2.75, 3.05) is 20.1 Å². The van der Waals surface area contributed by atoms with Crippen LogP contribution in [0.25, 0.3) is 0 Å². The van der Waals surface area contributed by atoms with E-state index in [0.717, 1.165) is 6.54 Å². The molecule has 0 atom stereocenters. The number of hydrogen-bond acceptors (Lipinski definition) is 3. The molecular formula is C13H24N4. The number of aromatic nitrogens is 2. The first-order valence-electron chi connectivity index (χ1n) is 6.61. The second-order valence-electron chi connectivity index (χ2n) is 5.26. The summed E-state index contributed by atoms with van der Waals surface area (Å²) in [6, 6.07) is 1.17. The number of piperidine rings is 1. The van der Waals surface area contributed by atoms with Crippen molar-refractivity contribution in [1.82, 2.24) is 20.0 Å². The van der Waals surface area contributed by atoms with Gasteiger partial charge in [0.15, 0.2) is 0 Å². The van der Waals surface area contributed by atoms with E-state index < -0.39 is 0 Å². The van der Waals surface area contributed by atoms with Crippen molar-refractivity contribution in [3.8, 4) is 0 Å². The maximum absolute atomic E-state index is 4.39. The zero-order chi connectivity index (χ0) is 12.3. The minimum absolute atomic E-state index is 0.457. The molecule has 0 aliphatic carbocycles. The molecule has 0 unspecified atom stereocenters. The van der Waals surface area contributed by atoms with Gasteiger partial charge in [0, 0.05) is 30.4 Å². The van der Waals surface area contributed by atoms with E-state index in [9.17, 15) is 0 Å². The molecule has 0 amide bonds. The van der Waals surface area contributed by atoms with Gasteiger partial charge in [0.05, 0.1) is 6.20 Å². The van der Waals surface area contributed by atoms with Gasteiger partial charge in [-0.1, -0.05) is 0 Å². The van der Waals surface area contributed by atoms with Crippen LogP contribution in [0.15, 0.2) is 12.4 Å². The van der Waals surface area contributed by atoms with E-state index in [1.165, 1.54) is 31.5 Å². The van der Waals surface area contributed by atoms with Gasteiger partial charge in [-0.25, -0.2) is 0 Å². The van der Waals surface area contributed by atoms with E-state index in [1.54, 1.807) is 0 Å². The van der Waals surface area contributed by atoms with Crippen molar-refractivity contribution in [2.45, 2.75) is 45.3 Å². The van der Waals surface area contributed by atoms with Gasteiger partial charge in [0.1, 0.15) is 0 Å². The molecule has 0 spiro atoms. The highest BCUT2D eigenvalue weighted by Gasteiger charge is 2.18. The molecule has 1 saturated heterocycles. The molecule has 17 heavy (non-hydrogen) atoms. The fourth-order valence-electron chi connectivity index (χ4n) is 2.38. The van der Waals surface area contributed by atoms with Crippen molar-refractivity contribution in [3.63, 3.8) is 0 Å². The monoisotopic (exact) mass is 236 g/mol. The Morgan fingerprint density at radius 3 is 2.65 bits per heavy atom. The molecule has 1 aliphatic rings. The van der Waals surface area contributed by atoms with Gasteiger partial charge >= 0.3 is 0 Å². The molecule has 0 saturated carbocycles. The van der Waals surface area contributed by atoms with Crippen LogP contribution in [0.1, 0.15) is 38.3 Å². The number of rotatable bonds is 4. The van der Waals surface area contributed by atoms with Crippen LogP contribution in [-0.2, 0) is 6.54 Å². The summed E-state index contributed by atoms with van der Waals surface area (Å²) in [5.41, 5.74) is 1.33. The summed E-state index contributed by atoms with van der Waals surface area (Å²) in [4.78, 5) is 2.52. The highest BCUT2D eigenvalue weighted by Crippen LogP contribution is 2.14. The maximum Gasteiger partial charge on any atom is 0.0534 e. The van der Waals surface area contributed by atoms with Crippen LogP contribution >= 0.6 is 0 Å². The average Bonchev–Trinajstić information content (AvgIpc) is 2.79. The number of nitrogens with one attached hydrogen (secondary N) is 1. The van der Waals surface area contributed by atoms with Crippen LogP contribution in [0.3, 0.4) is 0 Å². The van der Waals surface area contributed by atoms with Crippen molar-refractivity contribution in [3.05, 3.63) is 18.0 Å². The van der Waals surface area contributed by atoms with Crippen LogP contribution in [0.5, 0.6) is 0 Å². The van der Waals surface area contributed by atoms with Gasteiger partial charge in [-0.05, 0) is 46.8 Å². The zero-order valence-electron chi connectivity index (χ0n) is 11.2. The minimum Gasteiger partial charge on any atom is -0.317 e. The van der Waals surface area contributed by atoms with Gasteiger partial charge in [-0.3, -0.25) is 9.58 Å². The van der Waals surface area contributed by atoms with E-state index in [1.807, 2.05) is 10.9 Å². The Labute approximate surface area is 104 Å². The van der Waals surface area contributed by atoms with Crippen molar-refractivity contribution in [2.24, 2.45) is 0 Å². The van der Waals surface area contributed by atoms with Gasteiger partial charge in [-0.15, -0.1) is 0 Å². The first-order valence-corrected chi connectivity index (χ1v) is 6.61. The van der Waals surface area contributed by atoms with E-state index in [2.05, 4.69) is 42.4 Å². The first kappa shape index (κ1) is 12.6. The Kier molecular flexibility index (Phi) is 4.18. The maximum atomic E-state index is 4.39. The lowest BCUT2D eigenvalue weighted by atomic mass is 10.1. The molecule has 2 heterocycles. The molecule has 0 aromatic carbocycles. The lowest BCUT2D eigenvalue weighted by Gasteiger charge is -2.31. The molecule has 1 fully saturated rings. The topological polar surface area (TPSA) is 33.1 Å². The second kappa shape index (κ2) is 5.65. The number of hydrogen-bond donors (Lipinski definition) is 1. The van der Waals surface area contributed by atoms with Crippen LogP contribution < -0.4 is 5.32 Å². The minimum atomic E-state index is 0.457. The summed E-state index contributed by atoms with van der Waals surface area (Å²) in [6.07, 6.45) is 6.70. The summed E-state index contributed by atoms with van der Waals surface area (Å²) < 4.78 is 2.04. The fraction of sp³-hybridized carbons (Fsp3) is 0.769. The van der Waals surface area contributed by atoms with Crippen molar-refractivity contribution < 1.29 is 0 Å². The highest BCUT2D eigenvalue weighted by atomic mass is 15.3. The molecule has 0 bridgehead atoms. The van der Waals surface area contributed by atoms with Crippen LogP contribution in [-0.4, -0.2) is 40.9 Å². The van der Waals surface area contributed by atoms with Crippen molar-refractivity contribution in [1.29, 1.82) is 0 Å². The standard InChI is InChI=1S/C13H24N4/c1-11(2)17-10-12(8-15-17)9-16-6-4-13(14-3)5-7-16/h8,10-11,13-14H,4-7,9H2,1-3H3. The summed E-state index contributed by atoms with van der Waals surface area (Å²) in [7, 11) is 2.06. The van der Waals surface area contributed by atoms with E-state index >= 15 is 0 Å². The molecular weight excluding hydrogens is 212 g/mol. The molecule has 1 aromatic rings. The largest absolute Gasteiger partial charge is 0.317 e. The third-order valence-corrected chi connectivity index (χ3v) is 3.59. The van der Waals surface area contributed by atoms with E-state index in [4.69, 9.17) is 0 Å². The Morgan fingerprint density at radius 1 is 1.41 bits per heavy atom. The summed E-state index contributed by atoms with van der Waals surface area (Å²) in [5, 5.41) is 7.75. The predicted octanol–water partition coefficient (Wildman–Crippen LogP) is 1.65. The van der Waals surface area contributed by atoms with E-state index in [-0.39, 0.29) is 0 Å². The normalized spacial score (nSPS) is 19.1. The Balaban J connectivity index is 1.84. The Morgan fingerprint density at radius 2 is 2.12 bits per heavy atom. The molecule has 2 rings (SSSR count). The van der Waals surface area contributed by atoms with Gasteiger partial charge in [0.25, 0.3) is 0 Å². The number of likely N-dealkylation sites (tertiary alicyclic amines) is 1. The Hall–Kier alpha value is -0.870. The SMILES string of the molecule is CNC1CCN(Cc2cnn(C(C)C)c2)CC1. The molecule has 4 heteroatoms. The fourth-order valence-corrected chi connectivity index (χ4v) is 2.38. The third-order valence-electron chi connectivity index (χ3n) is 3.59. The molecule has 1 N–H and O–H groups in total. The Bertz CT molecular complexity index is 337. The lowest BCUT2D eigenvalue weighted by Crippen LogP contribution is -2.40. The first-order chi connectivity index (χ1) is 8.19. The van der Waals surface area contributed by atoms with Gasteiger partial charge in [-0.2, -0.15) is 5.10 Å². The molecule has 96 valence electrons. The summed E-state index contributed by atoms with van der Waals surface area (Å²) in [6.45, 7) is 7.75. The molecule has 1 aromatic heterocycles. The van der Waals surface area contributed by atoms with Crippen molar-refractivity contribution >= 4 is 0 Å². The lowest BCUT2D eigenvalue weighted by molar-refractivity contribution is 0.194. The molecule has 0 radical (unpaired) electrons. The summed E-state index contributed by atoms with van der Waals surface area (Å²) in [5.74, 6) is 0. The van der Waals surface area contributed by atoms with Gasteiger partial charge < -0.3 is 5.32 Å². The zero-order valence-corrected chi connectivity index (χ0v) is 11.2. The highest BCUT2D eigenvalue weighted by molar-refractivity contribution is 5.04. The molecule has 4 nitrogen and oxygen atoms in total. The second-order valence-corrected chi connectivity index (χ2v) is 5.26. The summed E-state index contributed by atoms with van der Waals surface area (Å²) >= 11 is 0. The van der Waals surface area contributed by atoms with Crippen LogP contribution in [0.4, 0.5) is 0 Å². The van der Waals surface area contributed by atoms with Gasteiger partial charge in [0.2, 0.25) is 0 Å². The van der Waals surface area contributed by atoms with Crippen LogP contribution in [0.2, 0.25) is 0 Å². The average molecular weight is 236 g/mol. The third kappa shape index (κ3) is 3.30. The predicted molar refractivity (Wildman–Crippen MR) is 70.0 cm³/mol.